The number of Topliss-reactive ketones (excluding diaryl/α,β-unsaturated/α-hetero) is 1. The molecule has 0 unspecified atom stereocenters. The molecule has 0 N–H and O–H groups in total. The summed E-state index contributed by atoms with van der Waals surface area (Å²) in [6.45, 7) is 24.5. The summed E-state index contributed by atoms with van der Waals surface area (Å²) in [5.41, 5.74) is 2.08. The third kappa shape index (κ3) is 4.98. The average molecular weight is 515 g/mol. The van der Waals surface area contributed by atoms with Gasteiger partial charge < -0.3 is 4.43 Å². The molecule has 3 saturated carbocycles. The third-order valence-corrected chi connectivity index (χ3v) is 16.9. The summed E-state index contributed by atoms with van der Waals surface area (Å²) in [6, 6.07) is 0. The zero-order valence-corrected chi connectivity index (χ0v) is 26.5. The highest BCUT2D eigenvalue weighted by atomic mass is 28.4. The fourth-order valence-corrected chi connectivity index (χ4v) is 10.4. The van der Waals surface area contributed by atoms with E-state index < -0.39 is 8.32 Å². The first-order valence-corrected chi connectivity index (χ1v) is 18.4. The van der Waals surface area contributed by atoms with Crippen LogP contribution in [0.3, 0.4) is 0 Å². The van der Waals surface area contributed by atoms with Gasteiger partial charge in [-0.25, -0.2) is 0 Å². The zero-order valence-electron chi connectivity index (χ0n) is 25.5. The van der Waals surface area contributed by atoms with E-state index in [2.05, 4.69) is 74.6 Å². The Hall–Kier alpha value is -0.413. The van der Waals surface area contributed by atoms with Crippen molar-refractivity contribution in [3.8, 4) is 0 Å². The molecule has 8 atom stereocenters. The van der Waals surface area contributed by atoms with Gasteiger partial charge >= 0.3 is 0 Å². The molecule has 0 amide bonds. The van der Waals surface area contributed by atoms with Gasteiger partial charge in [0.1, 0.15) is 5.78 Å². The van der Waals surface area contributed by atoms with Gasteiger partial charge in [-0.05, 0) is 96.6 Å². The number of allylic oxidation sites excluding steroid dienone is 1. The SMILES string of the molecule is CC(C)CCC[C@@H](C)[C@H]1CC[C@H]2[C@@H]3[C@H](O[Si](C)(C)C(C)(C)C)C=C4CC(=O)CC[C@]4(C)[C@H]3CC[C@]12C. The second-order valence-corrected chi connectivity index (χ2v) is 20.7. The van der Waals surface area contributed by atoms with Crippen molar-refractivity contribution in [2.75, 3.05) is 0 Å². The predicted molar refractivity (Wildman–Crippen MR) is 156 cm³/mol. The van der Waals surface area contributed by atoms with Crippen LogP contribution in [0.4, 0.5) is 0 Å². The first-order chi connectivity index (χ1) is 16.6. The van der Waals surface area contributed by atoms with E-state index in [0.717, 1.165) is 36.5 Å². The van der Waals surface area contributed by atoms with E-state index in [9.17, 15) is 4.79 Å². The Bertz CT molecular complexity index is 850. The summed E-state index contributed by atoms with van der Waals surface area (Å²) in [5, 5.41) is 0.200. The fourth-order valence-electron chi connectivity index (χ4n) is 9.09. The van der Waals surface area contributed by atoms with Crippen molar-refractivity contribution in [3.63, 3.8) is 0 Å². The molecule has 0 spiro atoms. The average Bonchev–Trinajstić information content (AvgIpc) is 3.10. The Labute approximate surface area is 224 Å². The van der Waals surface area contributed by atoms with Crippen LogP contribution < -0.4 is 0 Å². The lowest BCUT2D eigenvalue weighted by Crippen LogP contribution is -2.57. The highest BCUT2D eigenvalue weighted by Gasteiger charge is 2.62. The molecule has 4 aliphatic rings. The van der Waals surface area contributed by atoms with E-state index in [1.807, 2.05) is 0 Å². The van der Waals surface area contributed by atoms with Crippen LogP contribution in [-0.4, -0.2) is 20.2 Å². The second-order valence-electron chi connectivity index (χ2n) is 16.0. The molecule has 0 aromatic heterocycles. The lowest BCUT2D eigenvalue weighted by Gasteiger charge is -2.60. The number of rotatable bonds is 7. The molecule has 0 saturated heterocycles. The Morgan fingerprint density at radius 3 is 2.36 bits per heavy atom. The Kier molecular flexibility index (Phi) is 7.91. The highest BCUT2D eigenvalue weighted by Crippen LogP contribution is 2.67. The standard InChI is InChI=1S/C33H58O2Si/c1-22(2)12-11-13-23(3)26-14-15-27-30-28(17-19-33(26,27)8)32(7)18-16-25(34)20-24(32)21-29(30)35-36(9,10)31(4,5)6/h21-23,26-30H,11-20H2,1-10H3/t23-,26-,27+,28+,29-,30+,32+,33-/m1/s1. The quantitative estimate of drug-likeness (QED) is 0.250. The summed E-state index contributed by atoms with van der Waals surface area (Å²) < 4.78 is 7.33. The van der Waals surface area contributed by atoms with Gasteiger partial charge in [0.05, 0.1) is 6.10 Å². The minimum Gasteiger partial charge on any atom is -0.410 e. The summed E-state index contributed by atoms with van der Waals surface area (Å²) in [5.74, 6) is 5.00. The normalized spacial score (nSPS) is 39.9. The van der Waals surface area contributed by atoms with Crippen molar-refractivity contribution < 1.29 is 9.22 Å². The van der Waals surface area contributed by atoms with Crippen LogP contribution >= 0.6 is 0 Å². The molecule has 0 radical (unpaired) electrons. The maximum atomic E-state index is 12.6. The number of carbonyl (C=O) groups excluding carboxylic acids is 1. The van der Waals surface area contributed by atoms with Crippen LogP contribution in [0.2, 0.25) is 18.1 Å². The summed E-state index contributed by atoms with van der Waals surface area (Å²) in [4.78, 5) is 12.6. The van der Waals surface area contributed by atoms with Crippen LogP contribution in [0.25, 0.3) is 0 Å². The zero-order chi connectivity index (χ0) is 26.7. The summed E-state index contributed by atoms with van der Waals surface area (Å²) in [7, 11) is -1.93. The van der Waals surface area contributed by atoms with Crippen LogP contribution in [0.1, 0.15) is 120 Å². The predicted octanol–water partition coefficient (Wildman–Crippen LogP) is 9.60. The Balaban J connectivity index is 1.66. The molecule has 0 aliphatic heterocycles. The lowest BCUT2D eigenvalue weighted by molar-refractivity contribution is -0.124. The molecular weight excluding hydrogens is 456 g/mol. The van der Waals surface area contributed by atoms with Gasteiger partial charge in [0, 0.05) is 12.8 Å². The minimum absolute atomic E-state index is 0.199. The topological polar surface area (TPSA) is 26.3 Å². The van der Waals surface area contributed by atoms with E-state index >= 15 is 0 Å². The molecule has 3 heteroatoms. The van der Waals surface area contributed by atoms with Gasteiger partial charge in [0.15, 0.2) is 8.32 Å². The number of ketones is 1. The van der Waals surface area contributed by atoms with Gasteiger partial charge in [-0.2, -0.15) is 0 Å². The van der Waals surface area contributed by atoms with Crippen LogP contribution in [0.5, 0.6) is 0 Å². The first-order valence-electron chi connectivity index (χ1n) is 15.5. The third-order valence-electron chi connectivity index (χ3n) is 12.4. The van der Waals surface area contributed by atoms with E-state index in [-0.39, 0.29) is 16.6 Å². The summed E-state index contributed by atoms with van der Waals surface area (Å²) in [6.07, 6.45) is 14.9. The minimum atomic E-state index is -1.93. The van der Waals surface area contributed by atoms with E-state index in [0.29, 0.717) is 29.5 Å². The number of hydrogen-bond donors (Lipinski definition) is 0. The number of fused-ring (bicyclic) bond motifs is 5. The summed E-state index contributed by atoms with van der Waals surface area (Å²) >= 11 is 0. The molecule has 206 valence electrons. The first kappa shape index (κ1) is 28.6. The van der Waals surface area contributed by atoms with Gasteiger partial charge in [-0.3, -0.25) is 4.79 Å². The maximum Gasteiger partial charge on any atom is 0.192 e. The highest BCUT2D eigenvalue weighted by molar-refractivity contribution is 6.74. The van der Waals surface area contributed by atoms with Crippen LogP contribution in [0, 0.1) is 46.3 Å². The van der Waals surface area contributed by atoms with Gasteiger partial charge in [-0.15, -0.1) is 0 Å². The second kappa shape index (κ2) is 9.96. The van der Waals surface area contributed by atoms with E-state index in [1.165, 1.54) is 50.5 Å². The van der Waals surface area contributed by atoms with Crippen molar-refractivity contribution in [2.24, 2.45) is 46.3 Å². The van der Waals surface area contributed by atoms with Gasteiger partial charge in [-0.1, -0.05) is 86.3 Å². The van der Waals surface area contributed by atoms with Crippen LogP contribution in [-0.2, 0) is 9.22 Å². The molecule has 0 aromatic rings. The number of hydrogen-bond acceptors (Lipinski definition) is 2. The van der Waals surface area contributed by atoms with Crippen molar-refractivity contribution in [1.82, 2.24) is 0 Å². The Morgan fingerprint density at radius 2 is 1.72 bits per heavy atom. The lowest BCUT2D eigenvalue weighted by atomic mass is 9.46. The molecule has 0 aromatic carbocycles. The van der Waals surface area contributed by atoms with Crippen molar-refractivity contribution in [2.45, 2.75) is 144 Å². The molecule has 3 fully saturated rings. The molecule has 4 aliphatic carbocycles. The fraction of sp³-hybridized carbons (Fsp3) is 0.909. The Morgan fingerprint density at radius 1 is 1.03 bits per heavy atom. The monoisotopic (exact) mass is 514 g/mol. The van der Waals surface area contributed by atoms with Gasteiger partial charge in [0.25, 0.3) is 0 Å². The van der Waals surface area contributed by atoms with Gasteiger partial charge in [0.2, 0.25) is 0 Å². The van der Waals surface area contributed by atoms with Crippen LogP contribution in [0.15, 0.2) is 11.6 Å². The molecular formula is C33H58O2Si. The van der Waals surface area contributed by atoms with Crippen molar-refractivity contribution >= 4 is 14.1 Å². The van der Waals surface area contributed by atoms with Crippen molar-refractivity contribution in [3.05, 3.63) is 11.6 Å². The van der Waals surface area contributed by atoms with Crippen molar-refractivity contribution in [1.29, 1.82) is 0 Å². The maximum absolute atomic E-state index is 12.6. The number of carbonyl (C=O) groups is 1. The molecule has 36 heavy (non-hydrogen) atoms. The molecule has 0 heterocycles. The largest absolute Gasteiger partial charge is 0.410 e. The van der Waals surface area contributed by atoms with E-state index in [1.54, 1.807) is 0 Å². The van der Waals surface area contributed by atoms with E-state index in [4.69, 9.17) is 4.43 Å². The smallest absolute Gasteiger partial charge is 0.192 e. The molecule has 4 rings (SSSR count). The molecule has 2 nitrogen and oxygen atoms in total. The molecule has 0 bridgehead atoms.